The van der Waals surface area contributed by atoms with Crippen molar-refractivity contribution in [2.75, 3.05) is 41.7 Å². The number of nitrogens with zero attached hydrogens (tertiary/aromatic N) is 3. The minimum Gasteiger partial charge on any atom is -0.364 e. The van der Waals surface area contributed by atoms with Gasteiger partial charge < -0.3 is 15.5 Å². The normalized spacial score (nSPS) is 15.8. The van der Waals surface area contributed by atoms with Gasteiger partial charge in [-0.2, -0.15) is 4.98 Å². The lowest BCUT2D eigenvalue weighted by atomic mass is 10.1. The van der Waals surface area contributed by atoms with Gasteiger partial charge in [0.05, 0.1) is 0 Å². The second kappa shape index (κ2) is 7.26. The van der Waals surface area contributed by atoms with Crippen LogP contribution in [-0.4, -0.2) is 47.0 Å². The van der Waals surface area contributed by atoms with Gasteiger partial charge in [-0.1, -0.05) is 15.9 Å². The maximum atomic E-state index is 4.58. The molecule has 1 aromatic heterocycles. The molecular weight excluding hydrogens is 330 g/mol. The van der Waals surface area contributed by atoms with Crippen LogP contribution >= 0.6 is 28.3 Å². The molecule has 1 aliphatic rings. The fourth-order valence-corrected chi connectivity index (χ4v) is 1.96. The summed E-state index contributed by atoms with van der Waals surface area (Å²) in [7, 11) is 0. The van der Waals surface area contributed by atoms with Crippen molar-refractivity contribution < 1.29 is 0 Å². The first kappa shape index (κ1) is 16.5. The van der Waals surface area contributed by atoms with Gasteiger partial charge in [0.2, 0.25) is 5.95 Å². The van der Waals surface area contributed by atoms with Crippen molar-refractivity contribution in [3.8, 4) is 0 Å². The maximum absolute atomic E-state index is 4.58. The molecule has 1 aliphatic heterocycles. The molecule has 0 amide bonds. The summed E-state index contributed by atoms with van der Waals surface area (Å²) >= 11 is 3.50. The van der Waals surface area contributed by atoms with E-state index in [0.717, 1.165) is 43.3 Å². The van der Waals surface area contributed by atoms with Crippen molar-refractivity contribution >= 4 is 40.1 Å². The highest BCUT2D eigenvalue weighted by Crippen LogP contribution is 2.17. The third kappa shape index (κ3) is 4.78. The van der Waals surface area contributed by atoms with Crippen LogP contribution < -0.4 is 15.5 Å². The quantitative estimate of drug-likeness (QED) is 0.812. The summed E-state index contributed by atoms with van der Waals surface area (Å²) in [5.74, 6) is 1.69. The SMILES string of the molecule is CC(C)(CBr)Nc1ccnc(N2CCNCC2)n1.Cl. The van der Waals surface area contributed by atoms with Crippen LogP contribution in [-0.2, 0) is 0 Å². The van der Waals surface area contributed by atoms with E-state index in [0.29, 0.717) is 0 Å². The van der Waals surface area contributed by atoms with Crippen molar-refractivity contribution in [2.45, 2.75) is 19.4 Å². The molecule has 0 unspecified atom stereocenters. The molecule has 1 fully saturated rings. The number of nitrogens with one attached hydrogen (secondary N) is 2. The van der Waals surface area contributed by atoms with Crippen molar-refractivity contribution in [3.63, 3.8) is 0 Å². The molecule has 19 heavy (non-hydrogen) atoms. The number of hydrogen-bond donors (Lipinski definition) is 2. The number of hydrogen-bond acceptors (Lipinski definition) is 5. The molecule has 5 nitrogen and oxygen atoms in total. The standard InChI is InChI=1S/C12H20BrN5.ClH/c1-12(2,9-13)17-10-3-4-15-11(16-10)18-7-5-14-6-8-18;/h3-4,14H,5-9H2,1-2H3,(H,15,16,17);1H. The first-order chi connectivity index (χ1) is 8.61. The molecule has 0 saturated carbocycles. The summed E-state index contributed by atoms with van der Waals surface area (Å²) in [6.45, 7) is 8.18. The Labute approximate surface area is 129 Å². The average Bonchev–Trinajstić information content (AvgIpc) is 2.40. The van der Waals surface area contributed by atoms with Gasteiger partial charge in [0.15, 0.2) is 0 Å². The van der Waals surface area contributed by atoms with Gasteiger partial charge in [-0.15, -0.1) is 12.4 Å². The van der Waals surface area contributed by atoms with Gasteiger partial charge in [-0.25, -0.2) is 4.98 Å². The summed E-state index contributed by atoms with van der Waals surface area (Å²) in [6.07, 6.45) is 1.82. The number of anilines is 2. The van der Waals surface area contributed by atoms with Crippen LogP contribution in [0.15, 0.2) is 12.3 Å². The third-order valence-electron chi connectivity index (χ3n) is 2.84. The van der Waals surface area contributed by atoms with E-state index in [1.165, 1.54) is 0 Å². The Hall–Kier alpha value is -0.590. The van der Waals surface area contributed by atoms with Gasteiger partial charge in [-0.3, -0.25) is 0 Å². The number of rotatable bonds is 4. The van der Waals surface area contributed by atoms with Gasteiger partial charge >= 0.3 is 0 Å². The first-order valence-corrected chi connectivity index (χ1v) is 7.36. The van der Waals surface area contributed by atoms with E-state index in [2.05, 4.69) is 55.3 Å². The van der Waals surface area contributed by atoms with Crippen LogP contribution in [0, 0.1) is 0 Å². The average molecular weight is 351 g/mol. The summed E-state index contributed by atoms with van der Waals surface area (Å²) in [5.41, 5.74) is -0.0188. The molecule has 0 radical (unpaired) electrons. The summed E-state index contributed by atoms with van der Waals surface area (Å²) in [4.78, 5) is 11.2. The molecule has 2 N–H and O–H groups in total. The molecule has 108 valence electrons. The third-order valence-corrected chi connectivity index (χ3v) is 4.25. The van der Waals surface area contributed by atoms with Gasteiger partial charge in [0, 0.05) is 43.2 Å². The van der Waals surface area contributed by atoms with E-state index in [4.69, 9.17) is 0 Å². The molecule has 0 atom stereocenters. The summed E-state index contributed by atoms with van der Waals surface area (Å²) in [5, 5.41) is 7.60. The van der Waals surface area contributed by atoms with E-state index in [9.17, 15) is 0 Å². The number of halogens is 2. The van der Waals surface area contributed by atoms with Crippen LogP contribution in [0.1, 0.15) is 13.8 Å². The highest BCUT2D eigenvalue weighted by molar-refractivity contribution is 9.09. The van der Waals surface area contributed by atoms with E-state index in [1.54, 1.807) is 0 Å². The molecular formula is C12H21BrClN5. The number of piperazine rings is 1. The smallest absolute Gasteiger partial charge is 0.227 e. The molecule has 0 bridgehead atoms. The lowest BCUT2D eigenvalue weighted by Gasteiger charge is -2.28. The van der Waals surface area contributed by atoms with Crippen LogP contribution in [0.2, 0.25) is 0 Å². The van der Waals surface area contributed by atoms with E-state index < -0.39 is 0 Å². The second-order valence-electron chi connectivity index (χ2n) is 5.12. The predicted molar refractivity (Wildman–Crippen MR) is 85.9 cm³/mol. The van der Waals surface area contributed by atoms with Gasteiger partial charge in [-0.05, 0) is 19.9 Å². The largest absolute Gasteiger partial charge is 0.364 e. The Kier molecular flexibility index (Phi) is 6.29. The minimum atomic E-state index is -0.0188. The Morgan fingerprint density at radius 1 is 1.42 bits per heavy atom. The number of alkyl halides is 1. The van der Waals surface area contributed by atoms with Crippen LogP contribution in [0.25, 0.3) is 0 Å². The lowest BCUT2D eigenvalue weighted by molar-refractivity contribution is 0.579. The molecule has 2 heterocycles. The Morgan fingerprint density at radius 2 is 2.11 bits per heavy atom. The molecule has 0 aliphatic carbocycles. The van der Waals surface area contributed by atoms with Crippen LogP contribution in [0.4, 0.5) is 11.8 Å². The predicted octanol–water partition coefficient (Wildman–Crippen LogP) is 1.89. The van der Waals surface area contributed by atoms with E-state index in [1.807, 2.05) is 12.3 Å². The van der Waals surface area contributed by atoms with Gasteiger partial charge in [0.1, 0.15) is 5.82 Å². The summed E-state index contributed by atoms with van der Waals surface area (Å²) < 4.78 is 0. The molecule has 7 heteroatoms. The Balaban J connectivity index is 0.00000180. The summed E-state index contributed by atoms with van der Waals surface area (Å²) in [6, 6.07) is 1.91. The lowest BCUT2D eigenvalue weighted by Crippen LogP contribution is -2.44. The second-order valence-corrected chi connectivity index (χ2v) is 5.68. The molecule has 1 saturated heterocycles. The molecule has 0 aromatic carbocycles. The zero-order valence-electron chi connectivity index (χ0n) is 11.3. The Morgan fingerprint density at radius 3 is 2.74 bits per heavy atom. The maximum Gasteiger partial charge on any atom is 0.227 e. The van der Waals surface area contributed by atoms with Crippen molar-refractivity contribution in [1.29, 1.82) is 0 Å². The van der Waals surface area contributed by atoms with E-state index in [-0.39, 0.29) is 17.9 Å². The fourth-order valence-electron chi connectivity index (χ4n) is 1.82. The topological polar surface area (TPSA) is 53.1 Å². The monoisotopic (exact) mass is 349 g/mol. The van der Waals surface area contributed by atoms with Crippen molar-refractivity contribution in [1.82, 2.24) is 15.3 Å². The van der Waals surface area contributed by atoms with Crippen molar-refractivity contribution in [2.24, 2.45) is 0 Å². The number of aromatic nitrogens is 2. The van der Waals surface area contributed by atoms with Crippen LogP contribution in [0.5, 0.6) is 0 Å². The highest BCUT2D eigenvalue weighted by atomic mass is 79.9. The highest BCUT2D eigenvalue weighted by Gasteiger charge is 2.18. The zero-order valence-corrected chi connectivity index (χ0v) is 13.7. The van der Waals surface area contributed by atoms with Crippen LogP contribution in [0.3, 0.4) is 0 Å². The molecule has 1 aromatic rings. The molecule has 2 rings (SSSR count). The Bertz CT molecular complexity index is 395. The van der Waals surface area contributed by atoms with Gasteiger partial charge in [0.25, 0.3) is 0 Å². The van der Waals surface area contributed by atoms with E-state index >= 15 is 0 Å². The molecule has 0 spiro atoms. The fraction of sp³-hybridized carbons (Fsp3) is 0.667. The zero-order chi connectivity index (χ0) is 13.0. The minimum absolute atomic E-state index is 0. The first-order valence-electron chi connectivity index (χ1n) is 6.24. The van der Waals surface area contributed by atoms with Crippen molar-refractivity contribution in [3.05, 3.63) is 12.3 Å².